The Morgan fingerprint density at radius 3 is 2.76 bits per heavy atom. The lowest BCUT2D eigenvalue weighted by molar-refractivity contribution is -0.148. The van der Waals surface area contributed by atoms with Crippen LogP contribution in [0.15, 0.2) is 43.0 Å². The number of hydrogen-bond acceptors (Lipinski definition) is 4. The van der Waals surface area contributed by atoms with Gasteiger partial charge in [0, 0.05) is 0 Å². The Bertz CT molecular complexity index is 351. The lowest BCUT2D eigenvalue weighted by Gasteiger charge is -2.14. The molecule has 17 heavy (non-hydrogen) atoms. The number of rotatable bonds is 7. The molecule has 0 saturated heterocycles. The number of carbonyl (C=O) groups excluding carboxylic acids is 1. The molecule has 0 aromatic heterocycles. The molecule has 0 spiro atoms. The first-order chi connectivity index (χ1) is 8.27. The zero-order valence-electron chi connectivity index (χ0n) is 9.89. The maximum Gasteiger partial charge on any atom is 0.325 e. The second-order valence-electron chi connectivity index (χ2n) is 3.49. The third-order valence-corrected chi connectivity index (χ3v) is 2.20. The van der Waals surface area contributed by atoms with E-state index in [1.54, 1.807) is 6.08 Å². The van der Waals surface area contributed by atoms with Gasteiger partial charge in [-0.3, -0.25) is 9.63 Å². The van der Waals surface area contributed by atoms with Crippen LogP contribution in [0.2, 0.25) is 0 Å². The van der Waals surface area contributed by atoms with Crippen LogP contribution in [0.1, 0.15) is 12.0 Å². The van der Waals surface area contributed by atoms with E-state index in [-0.39, 0.29) is 5.97 Å². The Morgan fingerprint density at radius 2 is 2.18 bits per heavy atom. The molecule has 0 amide bonds. The zero-order chi connectivity index (χ0) is 12.5. The molecule has 0 aliphatic carbocycles. The molecule has 0 heterocycles. The molecule has 1 N–H and O–H groups in total. The number of esters is 1. The van der Waals surface area contributed by atoms with Crippen molar-refractivity contribution in [3.63, 3.8) is 0 Å². The Hall–Kier alpha value is -1.65. The molecule has 0 fully saturated rings. The van der Waals surface area contributed by atoms with Crippen molar-refractivity contribution in [2.45, 2.75) is 19.1 Å². The maximum absolute atomic E-state index is 11.3. The van der Waals surface area contributed by atoms with Gasteiger partial charge in [0.15, 0.2) is 0 Å². The number of methoxy groups -OCH3 is 1. The molecule has 4 nitrogen and oxygen atoms in total. The van der Waals surface area contributed by atoms with Gasteiger partial charge in [-0.25, -0.2) is 0 Å². The summed E-state index contributed by atoms with van der Waals surface area (Å²) in [5, 5.41) is 0. The Labute approximate surface area is 101 Å². The molecule has 1 aromatic rings. The summed E-state index contributed by atoms with van der Waals surface area (Å²) in [4.78, 5) is 16.6. The average molecular weight is 235 g/mol. The summed E-state index contributed by atoms with van der Waals surface area (Å²) in [7, 11) is 1.34. The third-order valence-electron chi connectivity index (χ3n) is 2.20. The summed E-state index contributed by atoms with van der Waals surface area (Å²) in [6, 6.07) is 9.18. The van der Waals surface area contributed by atoms with Crippen LogP contribution in [0.25, 0.3) is 0 Å². The minimum absolute atomic E-state index is 0.363. The average Bonchev–Trinajstić information content (AvgIpc) is 2.38. The maximum atomic E-state index is 11.3. The second-order valence-corrected chi connectivity index (χ2v) is 3.49. The van der Waals surface area contributed by atoms with Gasteiger partial charge in [0.25, 0.3) is 0 Å². The van der Waals surface area contributed by atoms with Crippen molar-refractivity contribution in [1.82, 2.24) is 5.48 Å². The number of carbonyl (C=O) groups is 1. The van der Waals surface area contributed by atoms with Crippen molar-refractivity contribution in [2.75, 3.05) is 7.11 Å². The molecule has 0 aliphatic heterocycles. The Morgan fingerprint density at radius 1 is 1.47 bits per heavy atom. The first-order valence-electron chi connectivity index (χ1n) is 5.38. The van der Waals surface area contributed by atoms with Crippen molar-refractivity contribution in [3.05, 3.63) is 48.6 Å². The van der Waals surface area contributed by atoms with Crippen LogP contribution in [-0.2, 0) is 21.0 Å². The fourth-order valence-electron chi connectivity index (χ4n) is 1.30. The molecule has 1 atom stereocenters. The van der Waals surface area contributed by atoms with Crippen LogP contribution in [0.4, 0.5) is 0 Å². The predicted molar refractivity (Wildman–Crippen MR) is 65.0 cm³/mol. The number of hydroxylamine groups is 1. The van der Waals surface area contributed by atoms with Gasteiger partial charge in [0.2, 0.25) is 0 Å². The normalized spacial score (nSPS) is 11.8. The molecular formula is C13H17NO3. The smallest absolute Gasteiger partial charge is 0.325 e. The van der Waals surface area contributed by atoms with Gasteiger partial charge >= 0.3 is 5.97 Å². The van der Waals surface area contributed by atoms with Gasteiger partial charge in [-0.05, 0) is 12.0 Å². The van der Waals surface area contributed by atoms with Crippen LogP contribution in [0, 0.1) is 0 Å². The molecule has 1 aromatic carbocycles. The SMILES string of the molecule is C=CCC(NOCc1ccccc1)C(=O)OC. The lowest BCUT2D eigenvalue weighted by atomic mass is 10.2. The van der Waals surface area contributed by atoms with Crippen molar-refractivity contribution in [3.8, 4) is 0 Å². The number of benzene rings is 1. The molecular weight excluding hydrogens is 218 g/mol. The minimum atomic E-state index is -0.513. The quantitative estimate of drug-likeness (QED) is 0.445. The van der Waals surface area contributed by atoms with Crippen LogP contribution in [0.3, 0.4) is 0 Å². The van der Waals surface area contributed by atoms with Gasteiger partial charge in [-0.1, -0.05) is 36.4 Å². The van der Waals surface area contributed by atoms with Gasteiger partial charge in [0.1, 0.15) is 6.04 Å². The third kappa shape index (κ3) is 4.80. The summed E-state index contributed by atoms with van der Waals surface area (Å²) in [6.45, 7) is 3.97. The van der Waals surface area contributed by atoms with E-state index in [4.69, 9.17) is 4.84 Å². The van der Waals surface area contributed by atoms with Crippen molar-refractivity contribution >= 4 is 5.97 Å². The molecule has 1 unspecified atom stereocenters. The number of nitrogens with one attached hydrogen (secondary N) is 1. The predicted octanol–water partition coefficient (Wildman–Crippen LogP) is 1.83. The largest absolute Gasteiger partial charge is 0.468 e. The molecule has 4 heteroatoms. The van der Waals surface area contributed by atoms with E-state index in [9.17, 15) is 4.79 Å². The molecule has 0 saturated carbocycles. The highest BCUT2D eigenvalue weighted by atomic mass is 16.6. The summed E-state index contributed by atoms with van der Waals surface area (Å²) >= 11 is 0. The first kappa shape index (κ1) is 13.4. The van der Waals surface area contributed by atoms with E-state index < -0.39 is 6.04 Å². The fraction of sp³-hybridized carbons (Fsp3) is 0.308. The second kappa shape index (κ2) is 7.60. The zero-order valence-corrected chi connectivity index (χ0v) is 9.89. The highest BCUT2D eigenvalue weighted by molar-refractivity contribution is 5.75. The monoisotopic (exact) mass is 235 g/mol. The lowest BCUT2D eigenvalue weighted by Crippen LogP contribution is -2.37. The topological polar surface area (TPSA) is 47.6 Å². The summed E-state index contributed by atoms with van der Waals surface area (Å²) in [5.41, 5.74) is 3.70. The minimum Gasteiger partial charge on any atom is -0.468 e. The van der Waals surface area contributed by atoms with Crippen LogP contribution >= 0.6 is 0 Å². The van der Waals surface area contributed by atoms with E-state index in [1.807, 2.05) is 30.3 Å². The summed E-state index contributed by atoms with van der Waals surface area (Å²) < 4.78 is 4.64. The first-order valence-corrected chi connectivity index (χ1v) is 5.38. The standard InChI is InChI=1S/C13H17NO3/c1-3-7-12(13(15)16-2)14-17-10-11-8-5-4-6-9-11/h3-6,8-9,12,14H,1,7,10H2,2H3. The van der Waals surface area contributed by atoms with E-state index in [0.717, 1.165) is 5.56 Å². The highest BCUT2D eigenvalue weighted by Crippen LogP contribution is 2.01. The summed E-state index contributed by atoms with van der Waals surface area (Å²) in [6.07, 6.45) is 2.10. The number of ether oxygens (including phenoxy) is 1. The van der Waals surface area contributed by atoms with Crippen molar-refractivity contribution in [1.29, 1.82) is 0 Å². The van der Waals surface area contributed by atoms with Gasteiger partial charge in [-0.2, -0.15) is 5.48 Å². The van der Waals surface area contributed by atoms with Crippen LogP contribution in [0.5, 0.6) is 0 Å². The van der Waals surface area contributed by atoms with E-state index in [0.29, 0.717) is 13.0 Å². The van der Waals surface area contributed by atoms with Crippen molar-refractivity contribution < 1.29 is 14.4 Å². The molecule has 0 radical (unpaired) electrons. The molecule has 1 rings (SSSR count). The number of hydrogen-bond donors (Lipinski definition) is 1. The Kier molecular flexibility index (Phi) is 5.99. The van der Waals surface area contributed by atoms with Crippen LogP contribution in [-0.4, -0.2) is 19.1 Å². The van der Waals surface area contributed by atoms with Crippen LogP contribution < -0.4 is 5.48 Å². The van der Waals surface area contributed by atoms with Gasteiger partial charge in [0.05, 0.1) is 13.7 Å². The van der Waals surface area contributed by atoms with Gasteiger partial charge in [-0.15, -0.1) is 6.58 Å². The summed E-state index contributed by atoms with van der Waals surface area (Å²) in [5.74, 6) is -0.363. The van der Waals surface area contributed by atoms with E-state index in [1.165, 1.54) is 7.11 Å². The molecule has 92 valence electrons. The fourth-order valence-corrected chi connectivity index (χ4v) is 1.30. The highest BCUT2D eigenvalue weighted by Gasteiger charge is 2.17. The molecule has 0 bridgehead atoms. The van der Waals surface area contributed by atoms with E-state index >= 15 is 0 Å². The molecule has 0 aliphatic rings. The van der Waals surface area contributed by atoms with Gasteiger partial charge < -0.3 is 4.74 Å². The van der Waals surface area contributed by atoms with E-state index in [2.05, 4.69) is 16.8 Å². The Balaban J connectivity index is 2.37. The van der Waals surface area contributed by atoms with Crippen molar-refractivity contribution in [2.24, 2.45) is 0 Å².